The van der Waals surface area contributed by atoms with Crippen LogP contribution in [0.25, 0.3) is 0 Å². The SMILES string of the molecule is COC(=O)c1ccc2c(c1)S(=O)(=O)N([C@@H]1CCOC[C@H]1NC(=O)C(F)F)C2. The number of esters is 1. The minimum Gasteiger partial charge on any atom is -0.465 e. The van der Waals surface area contributed by atoms with E-state index in [1.54, 1.807) is 0 Å². The van der Waals surface area contributed by atoms with E-state index in [0.29, 0.717) is 5.56 Å². The zero-order chi connectivity index (χ0) is 19.8. The fourth-order valence-electron chi connectivity index (χ4n) is 3.30. The molecule has 27 heavy (non-hydrogen) atoms. The Hall–Kier alpha value is -2.11. The van der Waals surface area contributed by atoms with Crippen molar-refractivity contribution in [1.82, 2.24) is 9.62 Å². The number of carbonyl (C=O) groups excluding carboxylic acids is 2. The van der Waals surface area contributed by atoms with Crippen molar-refractivity contribution in [3.8, 4) is 0 Å². The Morgan fingerprint density at radius 1 is 1.37 bits per heavy atom. The Kier molecular flexibility index (Phi) is 5.45. The van der Waals surface area contributed by atoms with Gasteiger partial charge in [0, 0.05) is 13.2 Å². The number of ether oxygens (including phenoxy) is 2. The zero-order valence-corrected chi connectivity index (χ0v) is 15.2. The Morgan fingerprint density at radius 3 is 2.78 bits per heavy atom. The molecule has 2 aliphatic heterocycles. The second-order valence-corrected chi connectivity index (χ2v) is 8.07. The van der Waals surface area contributed by atoms with Gasteiger partial charge < -0.3 is 14.8 Å². The van der Waals surface area contributed by atoms with Crippen molar-refractivity contribution in [2.24, 2.45) is 0 Å². The lowest BCUT2D eigenvalue weighted by Gasteiger charge is -2.37. The number of benzene rings is 1. The van der Waals surface area contributed by atoms with Gasteiger partial charge in [0.05, 0.1) is 36.3 Å². The van der Waals surface area contributed by atoms with Gasteiger partial charge in [-0.1, -0.05) is 6.07 Å². The molecule has 11 heteroatoms. The van der Waals surface area contributed by atoms with Crippen molar-refractivity contribution < 1.29 is 36.3 Å². The number of halogens is 2. The van der Waals surface area contributed by atoms with E-state index in [9.17, 15) is 26.8 Å². The van der Waals surface area contributed by atoms with E-state index < -0.39 is 40.4 Å². The Morgan fingerprint density at radius 2 is 2.11 bits per heavy atom. The number of sulfonamides is 1. The minimum atomic E-state index is -3.97. The smallest absolute Gasteiger partial charge is 0.337 e. The first-order chi connectivity index (χ1) is 12.8. The van der Waals surface area contributed by atoms with E-state index in [2.05, 4.69) is 10.1 Å². The number of nitrogens with one attached hydrogen (secondary N) is 1. The molecule has 2 aliphatic rings. The highest BCUT2D eigenvalue weighted by Crippen LogP contribution is 2.35. The zero-order valence-electron chi connectivity index (χ0n) is 14.4. The van der Waals surface area contributed by atoms with Crippen LogP contribution in [0.5, 0.6) is 0 Å². The van der Waals surface area contributed by atoms with Crippen LogP contribution in [-0.4, -0.2) is 63.4 Å². The number of methoxy groups -OCH3 is 1. The van der Waals surface area contributed by atoms with E-state index >= 15 is 0 Å². The molecule has 2 heterocycles. The van der Waals surface area contributed by atoms with Crippen molar-refractivity contribution in [3.05, 3.63) is 29.3 Å². The third-order valence-corrected chi connectivity index (χ3v) is 6.57. The molecule has 3 rings (SSSR count). The number of alkyl halides is 2. The normalized spacial score (nSPS) is 24.4. The summed E-state index contributed by atoms with van der Waals surface area (Å²) in [6, 6.07) is 2.59. The molecule has 0 bridgehead atoms. The van der Waals surface area contributed by atoms with Gasteiger partial charge >= 0.3 is 12.4 Å². The summed E-state index contributed by atoms with van der Waals surface area (Å²) in [6.45, 7) is 0.186. The van der Waals surface area contributed by atoms with Gasteiger partial charge in [0.1, 0.15) is 0 Å². The van der Waals surface area contributed by atoms with Gasteiger partial charge in [-0.05, 0) is 24.1 Å². The number of hydrogen-bond donors (Lipinski definition) is 1. The molecule has 1 saturated heterocycles. The van der Waals surface area contributed by atoms with Crippen LogP contribution in [0.2, 0.25) is 0 Å². The van der Waals surface area contributed by atoms with Crippen LogP contribution in [0.15, 0.2) is 23.1 Å². The molecule has 1 N–H and O–H groups in total. The Labute approximate surface area is 154 Å². The van der Waals surface area contributed by atoms with Gasteiger partial charge in [-0.25, -0.2) is 13.2 Å². The summed E-state index contributed by atoms with van der Waals surface area (Å²) in [7, 11) is -2.78. The molecule has 0 aliphatic carbocycles. The predicted octanol–water partition coefficient (Wildman–Crippen LogP) is 0.516. The quantitative estimate of drug-likeness (QED) is 0.734. The molecule has 1 fully saturated rings. The molecule has 0 unspecified atom stereocenters. The lowest BCUT2D eigenvalue weighted by Crippen LogP contribution is -2.57. The summed E-state index contributed by atoms with van der Waals surface area (Å²) < 4.78 is 62.1. The van der Waals surface area contributed by atoms with Gasteiger partial charge in [0.15, 0.2) is 0 Å². The Balaban J connectivity index is 1.90. The van der Waals surface area contributed by atoms with Crippen molar-refractivity contribution >= 4 is 21.9 Å². The largest absolute Gasteiger partial charge is 0.465 e. The highest BCUT2D eigenvalue weighted by Gasteiger charge is 2.44. The molecule has 148 valence electrons. The lowest BCUT2D eigenvalue weighted by atomic mass is 10.0. The monoisotopic (exact) mass is 404 g/mol. The first kappa shape index (κ1) is 19.6. The molecule has 2 atom stereocenters. The van der Waals surface area contributed by atoms with E-state index in [1.807, 2.05) is 0 Å². The molecular formula is C16H18F2N2O6S. The number of nitrogens with zero attached hydrogens (tertiary/aromatic N) is 1. The molecule has 0 spiro atoms. The van der Waals surface area contributed by atoms with Crippen LogP contribution >= 0.6 is 0 Å². The standard InChI is InChI=1S/C16H18F2N2O6S/c1-25-16(22)9-2-3-10-7-20(27(23,24)13(10)6-9)12-4-5-26-8-11(12)19-15(21)14(17)18/h2-3,6,11-12,14H,4-5,7-8H2,1H3,(H,19,21)/t11-,12-/m1/s1. The molecule has 0 radical (unpaired) electrons. The molecular weight excluding hydrogens is 386 g/mol. The fraction of sp³-hybridized carbons (Fsp3) is 0.500. The maximum atomic E-state index is 13.0. The van der Waals surface area contributed by atoms with Crippen LogP contribution in [0.3, 0.4) is 0 Å². The van der Waals surface area contributed by atoms with Gasteiger partial charge in [0.25, 0.3) is 5.91 Å². The minimum absolute atomic E-state index is 0.0187. The van der Waals surface area contributed by atoms with Crippen LogP contribution in [-0.2, 0) is 30.8 Å². The highest BCUT2D eigenvalue weighted by molar-refractivity contribution is 7.89. The maximum Gasteiger partial charge on any atom is 0.337 e. The lowest BCUT2D eigenvalue weighted by molar-refractivity contribution is -0.134. The molecule has 1 amide bonds. The second kappa shape index (κ2) is 7.49. The van der Waals surface area contributed by atoms with E-state index in [4.69, 9.17) is 4.74 Å². The van der Waals surface area contributed by atoms with E-state index in [1.165, 1.54) is 25.3 Å². The summed E-state index contributed by atoms with van der Waals surface area (Å²) in [5.41, 5.74) is 0.573. The predicted molar refractivity (Wildman–Crippen MR) is 87.7 cm³/mol. The third kappa shape index (κ3) is 3.66. The first-order valence-corrected chi connectivity index (χ1v) is 9.59. The van der Waals surface area contributed by atoms with Crippen molar-refractivity contribution in [2.75, 3.05) is 20.3 Å². The number of amides is 1. The van der Waals surface area contributed by atoms with Crippen LogP contribution < -0.4 is 5.32 Å². The number of fused-ring (bicyclic) bond motifs is 1. The molecule has 1 aromatic carbocycles. The average Bonchev–Trinajstić information content (AvgIpc) is 2.91. The fourth-order valence-corrected chi connectivity index (χ4v) is 5.21. The van der Waals surface area contributed by atoms with Gasteiger partial charge in [-0.3, -0.25) is 4.79 Å². The van der Waals surface area contributed by atoms with Crippen molar-refractivity contribution in [1.29, 1.82) is 0 Å². The summed E-state index contributed by atoms with van der Waals surface area (Å²) in [4.78, 5) is 23.0. The second-order valence-electron chi connectivity index (χ2n) is 6.21. The van der Waals surface area contributed by atoms with E-state index in [0.717, 1.165) is 4.31 Å². The molecule has 0 saturated carbocycles. The summed E-state index contributed by atoms with van der Waals surface area (Å²) in [6.07, 6.45) is -2.96. The number of carbonyl (C=O) groups is 2. The van der Waals surface area contributed by atoms with Crippen LogP contribution in [0.1, 0.15) is 22.3 Å². The van der Waals surface area contributed by atoms with Crippen molar-refractivity contribution in [2.45, 2.75) is 36.4 Å². The first-order valence-electron chi connectivity index (χ1n) is 8.15. The third-order valence-electron chi connectivity index (χ3n) is 4.62. The average molecular weight is 404 g/mol. The summed E-state index contributed by atoms with van der Waals surface area (Å²) >= 11 is 0. The molecule has 8 nitrogen and oxygen atoms in total. The molecule has 0 aromatic heterocycles. The maximum absolute atomic E-state index is 13.0. The number of rotatable bonds is 4. The Bertz CT molecular complexity index is 860. The van der Waals surface area contributed by atoms with Crippen LogP contribution in [0.4, 0.5) is 8.78 Å². The molecule has 1 aromatic rings. The van der Waals surface area contributed by atoms with Crippen molar-refractivity contribution in [3.63, 3.8) is 0 Å². The van der Waals surface area contributed by atoms with Gasteiger partial charge in [-0.2, -0.15) is 13.1 Å². The number of hydrogen-bond acceptors (Lipinski definition) is 6. The summed E-state index contributed by atoms with van der Waals surface area (Å²) in [5, 5.41) is 2.15. The van der Waals surface area contributed by atoms with Gasteiger partial charge in [-0.15, -0.1) is 0 Å². The topological polar surface area (TPSA) is 102 Å². The highest BCUT2D eigenvalue weighted by atomic mass is 32.2. The van der Waals surface area contributed by atoms with E-state index in [-0.39, 0.29) is 36.6 Å². The van der Waals surface area contributed by atoms with Gasteiger partial charge in [0.2, 0.25) is 10.0 Å². The summed E-state index contributed by atoms with van der Waals surface area (Å²) in [5.74, 6) is -2.14. The van der Waals surface area contributed by atoms with Crippen LogP contribution in [0, 0.1) is 0 Å².